The van der Waals surface area contributed by atoms with Crippen LogP contribution in [0.4, 0.5) is 0 Å². The molecule has 2 aromatic rings. The number of ether oxygens (including phenoxy) is 1. The molecule has 0 aliphatic rings. The van der Waals surface area contributed by atoms with E-state index in [9.17, 15) is 0 Å². The highest BCUT2D eigenvalue weighted by Crippen LogP contribution is 2.32. The van der Waals surface area contributed by atoms with E-state index in [4.69, 9.17) is 4.74 Å². The van der Waals surface area contributed by atoms with Gasteiger partial charge in [-0.05, 0) is 40.2 Å². The van der Waals surface area contributed by atoms with Crippen LogP contribution in [0.15, 0.2) is 45.5 Å². The van der Waals surface area contributed by atoms with Crippen LogP contribution in [-0.2, 0) is 13.1 Å². The van der Waals surface area contributed by atoms with E-state index in [1.807, 2.05) is 24.3 Å². The number of nitrogens with one attached hydrogen (secondary N) is 1. The molecule has 0 fully saturated rings. The van der Waals surface area contributed by atoms with Crippen molar-refractivity contribution < 1.29 is 4.74 Å². The Hall–Kier alpha value is -0.910. The molecule has 0 bridgehead atoms. The second-order valence-corrected chi connectivity index (χ2v) is 5.77. The van der Waals surface area contributed by atoms with Crippen molar-refractivity contribution in [2.24, 2.45) is 0 Å². The molecule has 0 amide bonds. The number of hydrogen-bond acceptors (Lipinski definition) is 3. The summed E-state index contributed by atoms with van der Waals surface area (Å²) in [5.41, 5.74) is 2.12. The number of rotatable bonds is 5. The van der Waals surface area contributed by atoms with Crippen molar-refractivity contribution in [2.45, 2.75) is 13.1 Å². The molecular weight excluding hydrogens is 372 g/mol. The van der Waals surface area contributed by atoms with E-state index < -0.39 is 0 Å². The van der Waals surface area contributed by atoms with E-state index in [2.05, 4.69) is 48.2 Å². The molecule has 0 unspecified atom stereocenters. The lowest BCUT2D eigenvalue weighted by Crippen LogP contribution is -2.14. The van der Waals surface area contributed by atoms with Gasteiger partial charge in [-0.15, -0.1) is 0 Å². The molecule has 19 heavy (non-hydrogen) atoms. The molecular formula is C14H14Br2N2O. The van der Waals surface area contributed by atoms with Gasteiger partial charge in [0, 0.05) is 29.3 Å². The van der Waals surface area contributed by atoms with Crippen molar-refractivity contribution in [3.63, 3.8) is 0 Å². The number of methoxy groups -OCH3 is 1. The smallest absolute Gasteiger partial charge is 0.137 e. The lowest BCUT2D eigenvalue weighted by atomic mass is 10.2. The number of halogens is 2. The number of nitrogens with zero attached hydrogens (tertiary/aromatic N) is 1. The molecule has 5 heteroatoms. The predicted octanol–water partition coefficient (Wildman–Crippen LogP) is 3.91. The minimum Gasteiger partial charge on any atom is -0.495 e. The molecule has 2 rings (SSSR count). The fraction of sp³-hybridized carbons (Fsp3) is 0.214. The Bertz CT molecular complexity index is 547. The highest BCUT2D eigenvalue weighted by Gasteiger charge is 2.08. The topological polar surface area (TPSA) is 34.1 Å². The normalized spacial score (nSPS) is 10.5. The minimum absolute atomic E-state index is 0.720. The van der Waals surface area contributed by atoms with Gasteiger partial charge < -0.3 is 10.1 Å². The Morgan fingerprint density at radius 3 is 2.74 bits per heavy atom. The second kappa shape index (κ2) is 7.03. The molecule has 0 aliphatic heterocycles. The van der Waals surface area contributed by atoms with Gasteiger partial charge in [-0.1, -0.05) is 22.0 Å². The van der Waals surface area contributed by atoms with E-state index in [0.717, 1.165) is 39.0 Å². The molecule has 1 heterocycles. The molecule has 3 nitrogen and oxygen atoms in total. The van der Waals surface area contributed by atoms with Crippen molar-refractivity contribution in [2.75, 3.05) is 7.11 Å². The fourth-order valence-corrected chi connectivity index (χ4v) is 3.28. The highest BCUT2D eigenvalue weighted by atomic mass is 79.9. The summed E-state index contributed by atoms with van der Waals surface area (Å²) in [5, 5.41) is 3.36. The van der Waals surface area contributed by atoms with Gasteiger partial charge in [0.05, 0.1) is 17.3 Å². The van der Waals surface area contributed by atoms with E-state index in [-0.39, 0.29) is 0 Å². The van der Waals surface area contributed by atoms with Crippen molar-refractivity contribution in [3.05, 3.63) is 56.7 Å². The van der Waals surface area contributed by atoms with Crippen molar-refractivity contribution in [1.82, 2.24) is 10.3 Å². The van der Waals surface area contributed by atoms with Gasteiger partial charge in [0.1, 0.15) is 5.75 Å². The van der Waals surface area contributed by atoms with Crippen molar-refractivity contribution in [3.8, 4) is 5.75 Å². The van der Waals surface area contributed by atoms with Gasteiger partial charge in [-0.2, -0.15) is 0 Å². The number of hydrogen-bond donors (Lipinski definition) is 1. The summed E-state index contributed by atoms with van der Waals surface area (Å²) in [6.45, 7) is 1.45. The first kappa shape index (κ1) is 14.5. The largest absolute Gasteiger partial charge is 0.495 e. The quantitative estimate of drug-likeness (QED) is 0.847. The van der Waals surface area contributed by atoms with Gasteiger partial charge in [0.25, 0.3) is 0 Å². The number of aromatic nitrogens is 1. The number of benzene rings is 1. The predicted molar refractivity (Wildman–Crippen MR) is 83.2 cm³/mol. The summed E-state index contributed by atoms with van der Waals surface area (Å²) in [7, 11) is 1.68. The van der Waals surface area contributed by atoms with Crippen LogP contribution in [0.5, 0.6) is 5.75 Å². The summed E-state index contributed by atoms with van der Waals surface area (Å²) in [6, 6.07) is 9.93. The molecule has 0 aliphatic carbocycles. The third-order valence-corrected chi connectivity index (χ3v) is 3.68. The first-order chi connectivity index (χ1) is 9.20. The fourth-order valence-electron chi connectivity index (χ4n) is 1.80. The first-order valence-electron chi connectivity index (χ1n) is 5.83. The number of pyridine rings is 1. The maximum atomic E-state index is 5.41. The monoisotopic (exact) mass is 384 g/mol. The van der Waals surface area contributed by atoms with Crippen LogP contribution >= 0.6 is 31.9 Å². The summed E-state index contributed by atoms with van der Waals surface area (Å²) in [6.07, 6.45) is 1.80. The van der Waals surface area contributed by atoms with E-state index >= 15 is 0 Å². The van der Waals surface area contributed by atoms with Gasteiger partial charge >= 0.3 is 0 Å². The van der Waals surface area contributed by atoms with Gasteiger partial charge in [-0.25, -0.2) is 0 Å². The second-order valence-electron chi connectivity index (χ2n) is 4.00. The highest BCUT2D eigenvalue weighted by molar-refractivity contribution is 9.11. The minimum atomic E-state index is 0.720. The molecule has 0 atom stereocenters. The van der Waals surface area contributed by atoms with Crippen molar-refractivity contribution >= 4 is 31.9 Å². The van der Waals surface area contributed by atoms with Gasteiger partial charge in [0.2, 0.25) is 0 Å². The van der Waals surface area contributed by atoms with Crippen LogP contribution in [0, 0.1) is 0 Å². The van der Waals surface area contributed by atoms with Crippen LogP contribution in [0.3, 0.4) is 0 Å². The molecule has 100 valence electrons. The van der Waals surface area contributed by atoms with E-state index in [1.165, 1.54) is 0 Å². The van der Waals surface area contributed by atoms with Gasteiger partial charge in [-0.3, -0.25) is 4.98 Å². The molecule has 0 saturated heterocycles. The Morgan fingerprint density at radius 2 is 2.05 bits per heavy atom. The third kappa shape index (κ3) is 4.03. The van der Waals surface area contributed by atoms with Crippen LogP contribution in [0.2, 0.25) is 0 Å². The van der Waals surface area contributed by atoms with E-state index in [1.54, 1.807) is 13.3 Å². The Morgan fingerprint density at radius 1 is 1.21 bits per heavy atom. The molecule has 1 N–H and O–H groups in total. The SMILES string of the molecule is COc1c(Br)cc(Br)cc1CNCc1ccccn1. The Labute approximate surface area is 129 Å². The summed E-state index contributed by atoms with van der Waals surface area (Å²) < 4.78 is 7.38. The Kier molecular flexibility index (Phi) is 5.36. The maximum absolute atomic E-state index is 5.41. The van der Waals surface area contributed by atoms with Crippen LogP contribution in [-0.4, -0.2) is 12.1 Å². The molecule has 1 aromatic heterocycles. The standard InChI is InChI=1S/C14H14Br2N2O/c1-19-14-10(6-11(15)7-13(14)16)8-17-9-12-4-2-3-5-18-12/h2-7,17H,8-9H2,1H3. The zero-order chi connectivity index (χ0) is 13.7. The van der Waals surface area contributed by atoms with Gasteiger partial charge in [0.15, 0.2) is 0 Å². The van der Waals surface area contributed by atoms with Crippen LogP contribution in [0.1, 0.15) is 11.3 Å². The maximum Gasteiger partial charge on any atom is 0.137 e. The zero-order valence-corrected chi connectivity index (χ0v) is 13.7. The third-order valence-electron chi connectivity index (χ3n) is 2.64. The lowest BCUT2D eigenvalue weighted by molar-refractivity contribution is 0.405. The molecule has 0 spiro atoms. The lowest BCUT2D eigenvalue weighted by Gasteiger charge is -2.12. The summed E-state index contributed by atoms with van der Waals surface area (Å²) >= 11 is 6.99. The van der Waals surface area contributed by atoms with Crippen molar-refractivity contribution in [1.29, 1.82) is 0 Å². The van der Waals surface area contributed by atoms with E-state index in [0.29, 0.717) is 0 Å². The molecule has 1 aromatic carbocycles. The molecule has 0 saturated carbocycles. The Balaban J connectivity index is 2.03. The zero-order valence-electron chi connectivity index (χ0n) is 10.5. The summed E-state index contributed by atoms with van der Waals surface area (Å²) in [4.78, 5) is 4.28. The average Bonchev–Trinajstić information content (AvgIpc) is 2.39. The average molecular weight is 386 g/mol. The first-order valence-corrected chi connectivity index (χ1v) is 7.42. The van der Waals surface area contributed by atoms with Crippen LogP contribution < -0.4 is 10.1 Å². The van der Waals surface area contributed by atoms with Crippen LogP contribution in [0.25, 0.3) is 0 Å². The summed E-state index contributed by atoms with van der Waals surface area (Å²) in [5.74, 6) is 0.858. The molecule has 0 radical (unpaired) electrons.